The molecule has 0 aromatic heterocycles. The Balaban J connectivity index is 3.01. The van der Waals surface area contributed by atoms with Crippen LogP contribution in [-0.2, 0) is 6.18 Å². The average Bonchev–Trinajstić information content (AvgIpc) is 2.28. The monoisotopic (exact) mass is 243 g/mol. The van der Waals surface area contributed by atoms with Crippen molar-refractivity contribution in [3.63, 3.8) is 0 Å². The van der Waals surface area contributed by atoms with Gasteiger partial charge in [0.2, 0.25) is 0 Å². The van der Waals surface area contributed by atoms with Gasteiger partial charge in [-0.1, -0.05) is 24.3 Å². The zero-order valence-corrected chi connectivity index (χ0v) is 9.93. The van der Waals surface area contributed by atoms with E-state index in [-0.39, 0.29) is 5.56 Å². The molecule has 0 heterocycles. The Morgan fingerprint density at radius 1 is 1.29 bits per heavy atom. The fraction of sp³-hybridized carbons (Fsp3) is 0.385. The molecule has 94 valence electrons. The quantitative estimate of drug-likeness (QED) is 0.795. The van der Waals surface area contributed by atoms with Crippen molar-refractivity contribution in [1.82, 2.24) is 5.32 Å². The number of allylic oxidation sites excluding steroid dienone is 1. The molecule has 0 unspecified atom stereocenters. The van der Waals surface area contributed by atoms with E-state index >= 15 is 0 Å². The summed E-state index contributed by atoms with van der Waals surface area (Å²) in [6.07, 6.45) is -1.76. The molecule has 0 fully saturated rings. The summed E-state index contributed by atoms with van der Waals surface area (Å²) >= 11 is 0. The summed E-state index contributed by atoms with van der Waals surface area (Å²) in [4.78, 5) is 0. The highest BCUT2D eigenvalue weighted by molar-refractivity contribution is 5.67. The summed E-state index contributed by atoms with van der Waals surface area (Å²) in [6, 6.07) is 5.66. The van der Waals surface area contributed by atoms with E-state index in [1.165, 1.54) is 12.1 Å². The van der Waals surface area contributed by atoms with Crippen LogP contribution in [0.1, 0.15) is 24.5 Å². The number of rotatable bonds is 4. The Hall–Kier alpha value is -1.29. The molecule has 0 saturated heterocycles. The summed E-state index contributed by atoms with van der Waals surface area (Å²) in [5, 5.41) is 2.95. The third-order valence-corrected chi connectivity index (χ3v) is 2.50. The van der Waals surface area contributed by atoms with Crippen molar-refractivity contribution in [3.8, 4) is 0 Å². The first-order valence-electron chi connectivity index (χ1n) is 5.44. The molecule has 0 amide bonds. The highest BCUT2D eigenvalue weighted by Gasteiger charge is 2.33. The minimum atomic E-state index is -4.30. The normalized spacial score (nSPS) is 12.9. The van der Waals surface area contributed by atoms with E-state index in [1.54, 1.807) is 13.0 Å². The first-order valence-corrected chi connectivity index (χ1v) is 5.44. The zero-order chi connectivity index (χ0) is 12.9. The van der Waals surface area contributed by atoms with E-state index in [9.17, 15) is 13.2 Å². The van der Waals surface area contributed by atoms with Crippen molar-refractivity contribution in [2.24, 2.45) is 0 Å². The van der Waals surface area contributed by atoms with E-state index < -0.39 is 11.7 Å². The molecule has 0 aliphatic rings. The van der Waals surface area contributed by atoms with Crippen LogP contribution in [0.2, 0.25) is 0 Å². The third kappa shape index (κ3) is 3.89. The SMILES string of the molecule is CNCCC=C(C)c1ccccc1C(F)(F)F. The Morgan fingerprint density at radius 3 is 2.53 bits per heavy atom. The van der Waals surface area contributed by atoms with Gasteiger partial charge in [0.05, 0.1) is 5.56 Å². The molecule has 0 aliphatic carbocycles. The molecule has 0 spiro atoms. The second-order valence-electron chi connectivity index (χ2n) is 3.82. The minimum Gasteiger partial charge on any atom is -0.319 e. The maximum Gasteiger partial charge on any atom is 0.416 e. The third-order valence-electron chi connectivity index (χ3n) is 2.50. The standard InChI is InChI=1S/C13H16F3N/c1-10(6-5-9-17-2)11-7-3-4-8-12(11)13(14,15)16/h3-4,6-8,17H,5,9H2,1-2H3. The predicted octanol–water partition coefficient (Wildman–Crippen LogP) is 3.72. The summed E-state index contributed by atoms with van der Waals surface area (Å²) in [6.45, 7) is 2.46. The van der Waals surface area contributed by atoms with Crippen LogP contribution < -0.4 is 5.32 Å². The maximum atomic E-state index is 12.8. The van der Waals surface area contributed by atoms with E-state index in [4.69, 9.17) is 0 Å². The zero-order valence-electron chi connectivity index (χ0n) is 9.93. The van der Waals surface area contributed by atoms with Crippen LogP contribution in [0.25, 0.3) is 5.57 Å². The molecule has 1 nitrogen and oxygen atoms in total. The van der Waals surface area contributed by atoms with Crippen molar-refractivity contribution < 1.29 is 13.2 Å². The topological polar surface area (TPSA) is 12.0 Å². The minimum absolute atomic E-state index is 0.260. The van der Waals surface area contributed by atoms with E-state index in [1.807, 2.05) is 13.1 Å². The van der Waals surface area contributed by atoms with Gasteiger partial charge in [-0.25, -0.2) is 0 Å². The Morgan fingerprint density at radius 2 is 1.94 bits per heavy atom. The predicted molar refractivity (Wildman–Crippen MR) is 63.6 cm³/mol. The number of hydrogen-bond donors (Lipinski definition) is 1. The van der Waals surface area contributed by atoms with Gasteiger partial charge in [0.25, 0.3) is 0 Å². The van der Waals surface area contributed by atoms with Crippen LogP contribution in [0, 0.1) is 0 Å². The number of hydrogen-bond acceptors (Lipinski definition) is 1. The number of benzene rings is 1. The molecule has 0 atom stereocenters. The molecule has 0 radical (unpaired) electrons. The number of nitrogens with one attached hydrogen (secondary N) is 1. The van der Waals surface area contributed by atoms with Crippen LogP contribution in [0.15, 0.2) is 30.3 Å². The highest BCUT2D eigenvalue weighted by atomic mass is 19.4. The summed E-state index contributed by atoms with van der Waals surface area (Å²) in [5.74, 6) is 0. The first kappa shape index (κ1) is 13.8. The average molecular weight is 243 g/mol. The maximum absolute atomic E-state index is 12.8. The van der Waals surface area contributed by atoms with Crippen molar-refractivity contribution in [3.05, 3.63) is 41.5 Å². The molecule has 4 heteroatoms. The molecular weight excluding hydrogens is 227 g/mol. The lowest BCUT2D eigenvalue weighted by Crippen LogP contribution is -2.09. The summed E-state index contributed by atoms with van der Waals surface area (Å²) in [7, 11) is 1.81. The van der Waals surface area contributed by atoms with Crippen LogP contribution in [0.5, 0.6) is 0 Å². The lowest BCUT2D eigenvalue weighted by atomic mass is 9.99. The van der Waals surface area contributed by atoms with Crippen molar-refractivity contribution in [2.75, 3.05) is 13.6 Å². The van der Waals surface area contributed by atoms with Crippen LogP contribution in [-0.4, -0.2) is 13.6 Å². The summed E-state index contributed by atoms with van der Waals surface area (Å²) in [5.41, 5.74) is 0.350. The van der Waals surface area contributed by atoms with Crippen molar-refractivity contribution in [2.45, 2.75) is 19.5 Å². The largest absolute Gasteiger partial charge is 0.416 e. The van der Waals surface area contributed by atoms with Gasteiger partial charge in [0, 0.05) is 0 Å². The smallest absolute Gasteiger partial charge is 0.319 e. The van der Waals surface area contributed by atoms with Gasteiger partial charge in [0.1, 0.15) is 0 Å². The second kappa shape index (κ2) is 5.87. The lowest BCUT2D eigenvalue weighted by Gasteiger charge is -2.13. The molecule has 0 saturated carbocycles. The molecule has 1 N–H and O–H groups in total. The molecule has 17 heavy (non-hydrogen) atoms. The molecule has 0 aliphatic heterocycles. The molecule has 1 rings (SSSR count). The van der Waals surface area contributed by atoms with Crippen LogP contribution in [0.3, 0.4) is 0 Å². The van der Waals surface area contributed by atoms with Crippen LogP contribution in [0.4, 0.5) is 13.2 Å². The molecule has 1 aromatic carbocycles. The fourth-order valence-corrected chi connectivity index (χ4v) is 1.62. The molecular formula is C13H16F3N. The molecule has 0 bridgehead atoms. The van der Waals surface area contributed by atoms with Gasteiger partial charge in [0.15, 0.2) is 0 Å². The fourth-order valence-electron chi connectivity index (χ4n) is 1.62. The lowest BCUT2D eigenvalue weighted by molar-refractivity contribution is -0.137. The number of halogens is 3. The van der Waals surface area contributed by atoms with E-state index in [0.717, 1.165) is 12.6 Å². The Labute approximate surface area is 99.3 Å². The van der Waals surface area contributed by atoms with Crippen molar-refractivity contribution >= 4 is 5.57 Å². The number of alkyl halides is 3. The van der Waals surface area contributed by atoms with Crippen LogP contribution >= 0.6 is 0 Å². The summed E-state index contributed by atoms with van der Waals surface area (Å²) < 4.78 is 38.3. The van der Waals surface area contributed by atoms with Crippen molar-refractivity contribution in [1.29, 1.82) is 0 Å². The van der Waals surface area contributed by atoms with Gasteiger partial charge in [-0.2, -0.15) is 13.2 Å². The van der Waals surface area contributed by atoms with Gasteiger partial charge < -0.3 is 5.32 Å². The molecule has 1 aromatic rings. The Kier molecular flexibility index (Phi) is 4.75. The van der Waals surface area contributed by atoms with Gasteiger partial charge in [-0.3, -0.25) is 0 Å². The van der Waals surface area contributed by atoms with Gasteiger partial charge in [-0.15, -0.1) is 0 Å². The van der Waals surface area contributed by atoms with E-state index in [0.29, 0.717) is 12.0 Å². The van der Waals surface area contributed by atoms with Gasteiger partial charge in [-0.05, 0) is 44.1 Å². The highest BCUT2D eigenvalue weighted by Crippen LogP contribution is 2.34. The second-order valence-corrected chi connectivity index (χ2v) is 3.82. The van der Waals surface area contributed by atoms with Gasteiger partial charge >= 0.3 is 6.18 Å². The Bertz CT molecular complexity index is 394. The van der Waals surface area contributed by atoms with E-state index in [2.05, 4.69) is 5.32 Å². The first-order chi connectivity index (χ1) is 7.96.